The molecule has 8 heteroatoms. The van der Waals surface area contributed by atoms with Crippen LogP contribution >= 0.6 is 11.8 Å². The number of carbonyl (C=O) groups is 1. The average Bonchev–Trinajstić information content (AvgIpc) is 2.60. The van der Waals surface area contributed by atoms with Gasteiger partial charge < -0.3 is 9.64 Å². The number of nitrogens with zero attached hydrogens (tertiary/aromatic N) is 1. The summed E-state index contributed by atoms with van der Waals surface area (Å²) in [5, 5.41) is 0. The molecule has 0 aromatic heterocycles. The number of nitrogens with one attached hydrogen (secondary N) is 1. The molecule has 1 heterocycles. The van der Waals surface area contributed by atoms with Crippen molar-refractivity contribution >= 4 is 27.7 Å². The maximum Gasteiger partial charge on any atom is 0.255 e. The van der Waals surface area contributed by atoms with E-state index in [1.54, 1.807) is 17.0 Å². The van der Waals surface area contributed by atoms with Crippen LogP contribution in [0.3, 0.4) is 0 Å². The molecule has 1 amide bonds. The Bertz CT molecular complexity index is 713. The van der Waals surface area contributed by atoms with Crippen molar-refractivity contribution in [1.29, 1.82) is 0 Å². The monoisotopic (exact) mass is 386 g/mol. The van der Waals surface area contributed by atoms with Gasteiger partial charge in [0.15, 0.2) is 0 Å². The third kappa shape index (κ3) is 4.97. The second-order valence-corrected chi connectivity index (χ2v) is 8.98. The van der Waals surface area contributed by atoms with E-state index in [1.807, 2.05) is 27.0 Å². The van der Waals surface area contributed by atoms with Crippen molar-refractivity contribution in [3.8, 4) is 0 Å². The van der Waals surface area contributed by atoms with Gasteiger partial charge in [0.05, 0.1) is 23.7 Å². The van der Waals surface area contributed by atoms with E-state index >= 15 is 0 Å². The number of amides is 1. The van der Waals surface area contributed by atoms with Crippen molar-refractivity contribution in [2.24, 2.45) is 5.92 Å². The number of hydrogen-bond acceptors (Lipinski definition) is 5. The molecule has 140 valence electrons. The number of hydrogen-bond donors (Lipinski definition) is 1. The Labute approximate surface area is 154 Å². The molecular weight excluding hydrogens is 360 g/mol. The highest BCUT2D eigenvalue weighted by Gasteiger charge is 2.25. The molecule has 1 fully saturated rings. The molecule has 1 aliphatic heterocycles. The third-order valence-corrected chi connectivity index (χ3v) is 6.70. The van der Waals surface area contributed by atoms with Crippen molar-refractivity contribution in [2.75, 3.05) is 32.6 Å². The minimum atomic E-state index is -3.67. The van der Waals surface area contributed by atoms with Crippen LogP contribution in [-0.4, -0.2) is 57.8 Å². The van der Waals surface area contributed by atoms with Crippen LogP contribution in [0.15, 0.2) is 28.0 Å². The topological polar surface area (TPSA) is 75.7 Å². The zero-order valence-electron chi connectivity index (χ0n) is 15.1. The van der Waals surface area contributed by atoms with Gasteiger partial charge in [-0.25, -0.2) is 13.1 Å². The first-order chi connectivity index (χ1) is 11.8. The van der Waals surface area contributed by atoms with E-state index in [9.17, 15) is 13.2 Å². The molecule has 0 unspecified atom stereocenters. The SMILES string of the molecule is CSc1ccc(S(=O)(=O)N[C@H](C)C(C)C)cc1C(=O)N1CCOCC1. The fourth-order valence-corrected chi connectivity index (χ4v) is 4.40. The molecule has 1 aliphatic rings. The molecule has 1 atom stereocenters. The van der Waals surface area contributed by atoms with Crippen LogP contribution in [0.25, 0.3) is 0 Å². The zero-order chi connectivity index (χ0) is 18.6. The van der Waals surface area contributed by atoms with Crippen molar-refractivity contribution < 1.29 is 17.9 Å². The molecule has 0 radical (unpaired) electrons. The van der Waals surface area contributed by atoms with Gasteiger partial charge in [0, 0.05) is 24.0 Å². The Morgan fingerprint density at radius 1 is 1.24 bits per heavy atom. The lowest BCUT2D eigenvalue weighted by molar-refractivity contribution is 0.0300. The van der Waals surface area contributed by atoms with E-state index in [0.29, 0.717) is 31.9 Å². The average molecular weight is 387 g/mol. The van der Waals surface area contributed by atoms with Crippen LogP contribution in [0.4, 0.5) is 0 Å². The van der Waals surface area contributed by atoms with Gasteiger partial charge >= 0.3 is 0 Å². The molecule has 1 saturated heterocycles. The van der Waals surface area contributed by atoms with Crippen LogP contribution in [0.5, 0.6) is 0 Å². The van der Waals surface area contributed by atoms with Crippen LogP contribution in [-0.2, 0) is 14.8 Å². The standard InChI is InChI=1S/C17H26N2O4S2/c1-12(2)13(3)18-25(21,22)14-5-6-16(24-4)15(11-14)17(20)19-7-9-23-10-8-19/h5-6,11-13,18H,7-10H2,1-4H3/t13-/m1/s1. The van der Waals surface area contributed by atoms with Gasteiger partial charge in [-0.2, -0.15) is 0 Å². The predicted molar refractivity (Wildman–Crippen MR) is 99.6 cm³/mol. The molecule has 0 saturated carbocycles. The molecule has 0 bridgehead atoms. The number of ether oxygens (including phenoxy) is 1. The molecule has 1 aromatic rings. The van der Waals surface area contributed by atoms with Gasteiger partial charge in [0.25, 0.3) is 5.91 Å². The summed E-state index contributed by atoms with van der Waals surface area (Å²) in [4.78, 5) is 15.4. The number of benzene rings is 1. The van der Waals surface area contributed by atoms with Crippen LogP contribution < -0.4 is 4.72 Å². The Balaban J connectivity index is 2.34. The highest BCUT2D eigenvalue weighted by Crippen LogP contribution is 2.25. The van der Waals surface area contributed by atoms with Crippen molar-refractivity contribution in [1.82, 2.24) is 9.62 Å². The molecule has 2 rings (SSSR count). The summed E-state index contributed by atoms with van der Waals surface area (Å²) in [6, 6.07) is 4.55. The van der Waals surface area contributed by atoms with Crippen molar-refractivity contribution in [2.45, 2.75) is 36.6 Å². The molecule has 1 N–H and O–H groups in total. The number of sulfonamides is 1. The molecule has 1 aromatic carbocycles. The number of rotatable bonds is 6. The lowest BCUT2D eigenvalue weighted by Gasteiger charge is -2.27. The quantitative estimate of drug-likeness (QED) is 0.759. The zero-order valence-corrected chi connectivity index (χ0v) is 16.7. The normalized spacial score (nSPS) is 16.9. The lowest BCUT2D eigenvalue weighted by atomic mass is 10.1. The maximum absolute atomic E-state index is 12.8. The first-order valence-electron chi connectivity index (χ1n) is 8.33. The van der Waals surface area contributed by atoms with E-state index in [4.69, 9.17) is 4.74 Å². The predicted octanol–water partition coefficient (Wildman–Crippen LogP) is 2.20. The van der Waals surface area contributed by atoms with Crippen molar-refractivity contribution in [3.63, 3.8) is 0 Å². The first kappa shape index (κ1) is 20.2. The van der Waals surface area contributed by atoms with Crippen LogP contribution in [0, 0.1) is 5.92 Å². The van der Waals surface area contributed by atoms with E-state index in [0.717, 1.165) is 4.90 Å². The second-order valence-electron chi connectivity index (χ2n) is 6.42. The smallest absolute Gasteiger partial charge is 0.255 e. The number of thioether (sulfide) groups is 1. The highest BCUT2D eigenvalue weighted by atomic mass is 32.2. The fourth-order valence-electron chi connectivity index (χ4n) is 2.41. The Kier molecular flexibility index (Phi) is 6.90. The van der Waals surface area contributed by atoms with E-state index < -0.39 is 10.0 Å². The molecule has 0 aliphatic carbocycles. The summed E-state index contributed by atoms with van der Waals surface area (Å²) in [6.45, 7) is 7.79. The van der Waals surface area contributed by atoms with E-state index in [2.05, 4.69) is 4.72 Å². The molecule has 25 heavy (non-hydrogen) atoms. The minimum Gasteiger partial charge on any atom is -0.378 e. The Hall–Kier alpha value is -1.09. The summed E-state index contributed by atoms with van der Waals surface area (Å²) in [5.74, 6) is 0.0244. The largest absolute Gasteiger partial charge is 0.378 e. The highest BCUT2D eigenvalue weighted by molar-refractivity contribution is 7.98. The summed E-state index contributed by atoms with van der Waals surface area (Å²) < 4.78 is 33.2. The Morgan fingerprint density at radius 3 is 2.44 bits per heavy atom. The van der Waals surface area contributed by atoms with Gasteiger partial charge in [-0.1, -0.05) is 13.8 Å². The van der Waals surface area contributed by atoms with Gasteiger partial charge in [-0.05, 0) is 37.3 Å². The summed E-state index contributed by atoms with van der Waals surface area (Å²) >= 11 is 1.43. The van der Waals surface area contributed by atoms with E-state index in [-0.39, 0.29) is 22.8 Å². The van der Waals surface area contributed by atoms with E-state index in [1.165, 1.54) is 17.8 Å². The lowest BCUT2D eigenvalue weighted by Crippen LogP contribution is -2.41. The van der Waals surface area contributed by atoms with Gasteiger partial charge in [-0.15, -0.1) is 11.8 Å². The molecular formula is C17H26N2O4S2. The van der Waals surface area contributed by atoms with Gasteiger partial charge in [0.2, 0.25) is 10.0 Å². The first-order valence-corrected chi connectivity index (χ1v) is 11.0. The summed E-state index contributed by atoms with van der Waals surface area (Å²) in [6.07, 6.45) is 1.87. The molecule has 0 spiro atoms. The summed E-state index contributed by atoms with van der Waals surface area (Å²) in [5.41, 5.74) is 0.425. The minimum absolute atomic E-state index is 0.120. The van der Waals surface area contributed by atoms with Crippen LogP contribution in [0.1, 0.15) is 31.1 Å². The number of carbonyl (C=O) groups excluding carboxylic acids is 1. The van der Waals surface area contributed by atoms with Gasteiger partial charge in [0.1, 0.15) is 0 Å². The summed E-state index contributed by atoms with van der Waals surface area (Å²) in [7, 11) is -3.67. The Morgan fingerprint density at radius 2 is 1.88 bits per heavy atom. The molecule has 6 nitrogen and oxygen atoms in total. The second kappa shape index (κ2) is 8.53. The third-order valence-electron chi connectivity index (χ3n) is 4.35. The number of morpholine rings is 1. The van der Waals surface area contributed by atoms with Crippen LogP contribution in [0.2, 0.25) is 0 Å². The maximum atomic E-state index is 12.8. The fraction of sp³-hybridized carbons (Fsp3) is 0.588. The van der Waals surface area contributed by atoms with Gasteiger partial charge in [-0.3, -0.25) is 4.79 Å². The van der Waals surface area contributed by atoms with Crippen molar-refractivity contribution in [3.05, 3.63) is 23.8 Å².